The van der Waals surface area contributed by atoms with Gasteiger partial charge in [0.05, 0.1) is 28.0 Å². The van der Waals surface area contributed by atoms with Crippen LogP contribution in [0.25, 0.3) is 11.3 Å². The molecule has 0 amide bonds. The molecule has 1 aliphatic heterocycles. The van der Waals surface area contributed by atoms with Gasteiger partial charge in [-0.2, -0.15) is 0 Å². The van der Waals surface area contributed by atoms with Crippen LogP contribution >= 0.6 is 22.9 Å². The number of aromatic carboxylic acids is 1. The summed E-state index contributed by atoms with van der Waals surface area (Å²) in [5.74, 6) is -0.334. The van der Waals surface area contributed by atoms with Crippen molar-refractivity contribution in [1.29, 1.82) is 0 Å². The number of nitrogens with one attached hydrogen (secondary N) is 1. The van der Waals surface area contributed by atoms with Crippen LogP contribution in [0.5, 0.6) is 0 Å². The number of hydrogen-bond acceptors (Lipinski definition) is 5. The molecule has 1 aliphatic rings. The number of benzene rings is 2. The number of hydrogen-bond donors (Lipinski definition) is 2. The van der Waals surface area contributed by atoms with Gasteiger partial charge in [-0.15, -0.1) is 11.3 Å². The number of anilines is 1. The van der Waals surface area contributed by atoms with Gasteiger partial charge in [-0.1, -0.05) is 41.9 Å². The third kappa shape index (κ3) is 2.87. The lowest BCUT2D eigenvalue weighted by Crippen LogP contribution is -2.20. The summed E-state index contributed by atoms with van der Waals surface area (Å²) < 4.78 is 0. The molecule has 3 aromatic rings. The molecule has 1 atom stereocenters. The molecular formula is C19H14ClN3O2S. The zero-order chi connectivity index (χ0) is 18.3. The van der Waals surface area contributed by atoms with E-state index in [-0.39, 0.29) is 11.6 Å². The zero-order valence-corrected chi connectivity index (χ0v) is 15.3. The number of amidine groups is 1. The van der Waals surface area contributed by atoms with Crippen LogP contribution in [-0.2, 0) is 0 Å². The molecule has 0 bridgehead atoms. The van der Waals surface area contributed by atoms with Gasteiger partial charge in [-0.3, -0.25) is 4.99 Å². The van der Waals surface area contributed by atoms with Gasteiger partial charge in [-0.25, -0.2) is 9.78 Å². The SMILES string of the molecule is CC1N=C(c2nc(-c3ccccc3C(=O)O)cs2)Nc2c(Cl)cccc21. The largest absolute Gasteiger partial charge is 0.478 e. The summed E-state index contributed by atoms with van der Waals surface area (Å²) in [7, 11) is 0. The molecule has 0 saturated heterocycles. The Balaban J connectivity index is 1.72. The molecule has 7 heteroatoms. The van der Waals surface area contributed by atoms with Crippen LogP contribution in [0, 0.1) is 0 Å². The van der Waals surface area contributed by atoms with Gasteiger partial charge in [0.15, 0.2) is 10.8 Å². The van der Waals surface area contributed by atoms with E-state index in [1.54, 1.807) is 24.3 Å². The quantitative estimate of drug-likeness (QED) is 0.660. The smallest absolute Gasteiger partial charge is 0.336 e. The van der Waals surface area contributed by atoms with Crippen molar-refractivity contribution in [3.05, 3.63) is 69.0 Å². The molecule has 2 heterocycles. The molecule has 5 nitrogen and oxygen atoms in total. The number of fused-ring (bicyclic) bond motifs is 1. The average molecular weight is 384 g/mol. The lowest BCUT2D eigenvalue weighted by Gasteiger charge is -2.22. The van der Waals surface area contributed by atoms with Crippen molar-refractivity contribution in [3.63, 3.8) is 0 Å². The summed E-state index contributed by atoms with van der Waals surface area (Å²) in [4.78, 5) is 20.7. The molecule has 0 saturated carbocycles. The Morgan fingerprint density at radius 3 is 2.85 bits per heavy atom. The van der Waals surface area contributed by atoms with Gasteiger partial charge < -0.3 is 10.4 Å². The van der Waals surface area contributed by atoms with Crippen molar-refractivity contribution in [3.8, 4) is 11.3 Å². The first-order valence-corrected chi connectivity index (χ1v) is 9.22. The fourth-order valence-corrected chi connectivity index (χ4v) is 3.94. The Morgan fingerprint density at radius 2 is 2.04 bits per heavy atom. The van der Waals surface area contributed by atoms with E-state index < -0.39 is 5.97 Å². The van der Waals surface area contributed by atoms with Crippen LogP contribution in [0.4, 0.5) is 5.69 Å². The van der Waals surface area contributed by atoms with Crippen LogP contribution in [-0.4, -0.2) is 21.9 Å². The highest BCUT2D eigenvalue weighted by Gasteiger charge is 2.23. The molecule has 2 aromatic carbocycles. The first-order valence-electron chi connectivity index (χ1n) is 7.96. The predicted octanol–water partition coefficient (Wildman–Crippen LogP) is 5.10. The number of para-hydroxylation sites is 1. The lowest BCUT2D eigenvalue weighted by atomic mass is 10.0. The average Bonchev–Trinajstić information content (AvgIpc) is 3.12. The van der Waals surface area contributed by atoms with Crippen LogP contribution < -0.4 is 5.32 Å². The number of thiazole rings is 1. The van der Waals surface area contributed by atoms with E-state index in [1.807, 2.05) is 30.5 Å². The Labute approximate surface area is 159 Å². The second-order valence-corrected chi connectivity index (χ2v) is 7.14. The summed E-state index contributed by atoms with van der Waals surface area (Å²) in [6.07, 6.45) is 0. The summed E-state index contributed by atoms with van der Waals surface area (Å²) >= 11 is 7.73. The normalized spacial score (nSPS) is 15.8. The van der Waals surface area contributed by atoms with Crippen molar-refractivity contribution in [1.82, 2.24) is 4.98 Å². The Morgan fingerprint density at radius 1 is 1.23 bits per heavy atom. The van der Waals surface area contributed by atoms with E-state index in [0.717, 1.165) is 11.3 Å². The summed E-state index contributed by atoms with van der Waals surface area (Å²) in [6, 6.07) is 12.5. The topological polar surface area (TPSA) is 74.6 Å². The van der Waals surface area contributed by atoms with Crippen molar-refractivity contribution >= 4 is 40.4 Å². The summed E-state index contributed by atoms with van der Waals surface area (Å²) in [6.45, 7) is 2.00. The number of carboxylic acids is 1. The zero-order valence-electron chi connectivity index (χ0n) is 13.7. The minimum absolute atomic E-state index is 0.0430. The van der Waals surface area contributed by atoms with Crippen molar-refractivity contribution in [2.24, 2.45) is 4.99 Å². The monoisotopic (exact) mass is 383 g/mol. The minimum atomic E-state index is -0.974. The molecule has 1 unspecified atom stereocenters. The third-order valence-electron chi connectivity index (χ3n) is 4.20. The first-order chi connectivity index (χ1) is 12.5. The van der Waals surface area contributed by atoms with Gasteiger partial charge in [0, 0.05) is 16.5 Å². The predicted molar refractivity (Wildman–Crippen MR) is 105 cm³/mol. The van der Waals surface area contributed by atoms with E-state index in [1.165, 1.54) is 11.3 Å². The van der Waals surface area contributed by atoms with E-state index in [2.05, 4.69) is 15.3 Å². The lowest BCUT2D eigenvalue weighted by molar-refractivity contribution is 0.0697. The van der Waals surface area contributed by atoms with Gasteiger partial charge >= 0.3 is 5.97 Å². The summed E-state index contributed by atoms with van der Waals surface area (Å²) in [5.41, 5.74) is 3.31. The van der Waals surface area contributed by atoms with Gasteiger partial charge in [0.1, 0.15) is 0 Å². The number of rotatable bonds is 3. The van der Waals surface area contributed by atoms with E-state index in [0.29, 0.717) is 27.1 Å². The molecule has 0 spiro atoms. The van der Waals surface area contributed by atoms with Crippen molar-refractivity contribution < 1.29 is 9.90 Å². The van der Waals surface area contributed by atoms with E-state index in [4.69, 9.17) is 11.6 Å². The Bertz CT molecular complexity index is 1040. The van der Waals surface area contributed by atoms with Gasteiger partial charge in [0.2, 0.25) is 0 Å². The standard InChI is InChI=1S/C19H14ClN3O2S/c1-10-11-7-4-8-14(20)16(11)23-17(21-10)18-22-15(9-26-18)12-5-2-3-6-13(12)19(24)25/h2-10H,1H3,(H,21,23)(H,24,25). The number of carboxylic acid groups (broad SMARTS) is 1. The number of aliphatic imine (C=N–C) groups is 1. The van der Waals surface area contributed by atoms with Crippen LogP contribution in [0.2, 0.25) is 5.02 Å². The molecule has 1 aromatic heterocycles. The van der Waals surface area contributed by atoms with Crippen LogP contribution in [0.3, 0.4) is 0 Å². The second kappa shape index (κ2) is 6.55. The maximum absolute atomic E-state index is 11.4. The van der Waals surface area contributed by atoms with E-state index >= 15 is 0 Å². The number of halogens is 1. The third-order valence-corrected chi connectivity index (χ3v) is 5.37. The van der Waals surface area contributed by atoms with Crippen LogP contribution in [0.1, 0.15) is 33.9 Å². The first kappa shape index (κ1) is 16.8. The number of aromatic nitrogens is 1. The van der Waals surface area contributed by atoms with Crippen molar-refractivity contribution in [2.75, 3.05) is 5.32 Å². The highest BCUT2D eigenvalue weighted by Crippen LogP contribution is 2.36. The fourth-order valence-electron chi connectivity index (χ4n) is 2.94. The number of carbonyl (C=O) groups is 1. The molecule has 0 fully saturated rings. The highest BCUT2D eigenvalue weighted by molar-refractivity contribution is 7.12. The highest BCUT2D eigenvalue weighted by atomic mass is 35.5. The molecule has 0 aliphatic carbocycles. The molecule has 26 heavy (non-hydrogen) atoms. The molecule has 130 valence electrons. The minimum Gasteiger partial charge on any atom is -0.478 e. The second-order valence-electron chi connectivity index (χ2n) is 5.87. The molecule has 0 radical (unpaired) electrons. The Hall–Kier alpha value is -2.70. The Kier molecular flexibility index (Phi) is 4.22. The maximum Gasteiger partial charge on any atom is 0.336 e. The summed E-state index contributed by atoms with van der Waals surface area (Å²) in [5, 5.41) is 15.8. The molecule has 4 rings (SSSR count). The van der Waals surface area contributed by atoms with E-state index in [9.17, 15) is 9.90 Å². The van der Waals surface area contributed by atoms with Gasteiger partial charge in [-0.05, 0) is 19.1 Å². The van der Waals surface area contributed by atoms with Gasteiger partial charge in [0.25, 0.3) is 0 Å². The number of nitrogens with zero attached hydrogens (tertiary/aromatic N) is 2. The molecular weight excluding hydrogens is 370 g/mol. The maximum atomic E-state index is 11.4. The van der Waals surface area contributed by atoms with Crippen LogP contribution in [0.15, 0.2) is 52.8 Å². The molecule has 2 N–H and O–H groups in total. The fraction of sp³-hybridized carbons (Fsp3) is 0.105. The van der Waals surface area contributed by atoms with Crippen molar-refractivity contribution in [2.45, 2.75) is 13.0 Å².